The number of likely N-dealkylation sites (tertiary alicyclic amines) is 1. The van der Waals surface area contributed by atoms with Crippen LogP contribution in [0, 0.1) is 12.8 Å². The van der Waals surface area contributed by atoms with E-state index in [1.54, 1.807) is 0 Å². The number of nitrogens with zero attached hydrogens (tertiary/aromatic N) is 2. The zero-order valence-electron chi connectivity index (χ0n) is 12.2. The molecule has 0 radical (unpaired) electrons. The molecular weight excluding hydrogens is 293 g/mol. The van der Waals surface area contributed by atoms with Crippen LogP contribution in [0.2, 0.25) is 10.2 Å². The van der Waals surface area contributed by atoms with E-state index in [1.165, 1.54) is 19.3 Å². The molecule has 0 saturated carbocycles. The van der Waals surface area contributed by atoms with E-state index in [0.717, 1.165) is 30.3 Å². The molecule has 2 heterocycles. The summed E-state index contributed by atoms with van der Waals surface area (Å²) < 4.78 is 0. The molecule has 2 N–H and O–H groups in total. The van der Waals surface area contributed by atoms with Crippen molar-refractivity contribution in [3.63, 3.8) is 0 Å². The Kier molecular flexibility index (Phi) is 5.67. The van der Waals surface area contributed by atoms with Crippen LogP contribution in [0.3, 0.4) is 0 Å². The third kappa shape index (κ3) is 3.64. The zero-order valence-corrected chi connectivity index (χ0v) is 13.7. The summed E-state index contributed by atoms with van der Waals surface area (Å²) in [6.45, 7) is 6.64. The SMILES string of the molecule is CCC1CCN(Cc2c(Cl)cc(C)nc2Cl)C(CN)C1. The minimum atomic E-state index is 0.419. The molecular formula is C15H23Cl2N3. The molecule has 2 unspecified atom stereocenters. The van der Waals surface area contributed by atoms with Crippen LogP contribution in [0.25, 0.3) is 0 Å². The molecule has 0 spiro atoms. The van der Waals surface area contributed by atoms with E-state index in [-0.39, 0.29) is 0 Å². The second-order valence-corrected chi connectivity index (χ2v) is 6.44. The van der Waals surface area contributed by atoms with Crippen LogP contribution in [0.15, 0.2) is 6.07 Å². The number of aromatic nitrogens is 1. The Morgan fingerprint density at radius 2 is 2.20 bits per heavy atom. The fraction of sp³-hybridized carbons (Fsp3) is 0.667. The van der Waals surface area contributed by atoms with Gasteiger partial charge in [0.25, 0.3) is 0 Å². The summed E-state index contributed by atoms with van der Waals surface area (Å²) in [4.78, 5) is 6.70. The first-order chi connectivity index (χ1) is 9.55. The molecule has 5 heteroatoms. The van der Waals surface area contributed by atoms with Crippen molar-refractivity contribution < 1.29 is 0 Å². The highest BCUT2D eigenvalue weighted by Crippen LogP contribution is 2.30. The van der Waals surface area contributed by atoms with Gasteiger partial charge in [-0.25, -0.2) is 4.98 Å². The minimum absolute atomic E-state index is 0.419. The Labute approximate surface area is 131 Å². The highest BCUT2D eigenvalue weighted by atomic mass is 35.5. The molecule has 0 aliphatic carbocycles. The fourth-order valence-corrected chi connectivity index (χ4v) is 3.62. The molecule has 1 aromatic heterocycles. The van der Waals surface area contributed by atoms with Crippen LogP contribution in [0.5, 0.6) is 0 Å². The number of halogens is 2. The molecule has 1 fully saturated rings. The van der Waals surface area contributed by atoms with Crippen LogP contribution in [-0.2, 0) is 6.54 Å². The Hall–Kier alpha value is -0.350. The predicted octanol–water partition coefficient (Wildman–Crippen LogP) is 3.65. The van der Waals surface area contributed by atoms with Crippen LogP contribution in [-0.4, -0.2) is 29.0 Å². The summed E-state index contributed by atoms with van der Waals surface area (Å²) in [5.41, 5.74) is 7.72. The predicted molar refractivity (Wildman–Crippen MR) is 85.3 cm³/mol. The summed E-state index contributed by atoms with van der Waals surface area (Å²) in [5, 5.41) is 1.22. The number of hydrogen-bond acceptors (Lipinski definition) is 3. The average molecular weight is 316 g/mol. The first kappa shape index (κ1) is 16.0. The van der Waals surface area contributed by atoms with Gasteiger partial charge < -0.3 is 5.73 Å². The van der Waals surface area contributed by atoms with Crippen LogP contribution < -0.4 is 5.73 Å². The van der Waals surface area contributed by atoms with Gasteiger partial charge in [-0.05, 0) is 38.3 Å². The van der Waals surface area contributed by atoms with Crippen molar-refractivity contribution in [1.82, 2.24) is 9.88 Å². The minimum Gasteiger partial charge on any atom is -0.329 e. The lowest BCUT2D eigenvalue weighted by Crippen LogP contribution is -2.46. The van der Waals surface area contributed by atoms with E-state index in [0.29, 0.717) is 22.8 Å². The van der Waals surface area contributed by atoms with Crippen LogP contribution in [0.4, 0.5) is 0 Å². The quantitative estimate of drug-likeness (QED) is 0.862. The molecule has 0 aromatic carbocycles. The van der Waals surface area contributed by atoms with Gasteiger partial charge in [-0.2, -0.15) is 0 Å². The van der Waals surface area contributed by atoms with Gasteiger partial charge in [0.2, 0.25) is 0 Å². The second kappa shape index (κ2) is 7.08. The summed E-state index contributed by atoms with van der Waals surface area (Å²) in [5.74, 6) is 0.793. The molecule has 0 bridgehead atoms. The molecule has 1 saturated heterocycles. The monoisotopic (exact) mass is 315 g/mol. The lowest BCUT2D eigenvalue weighted by Gasteiger charge is -2.39. The van der Waals surface area contributed by atoms with E-state index in [2.05, 4.69) is 16.8 Å². The molecule has 20 heavy (non-hydrogen) atoms. The first-order valence-electron chi connectivity index (χ1n) is 7.30. The Bertz CT molecular complexity index is 441. The molecule has 1 aliphatic rings. The number of pyridine rings is 1. The smallest absolute Gasteiger partial charge is 0.135 e. The van der Waals surface area contributed by atoms with Gasteiger partial charge in [-0.1, -0.05) is 36.5 Å². The average Bonchev–Trinajstić information content (AvgIpc) is 2.42. The van der Waals surface area contributed by atoms with Gasteiger partial charge in [0.15, 0.2) is 0 Å². The van der Waals surface area contributed by atoms with Gasteiger partial charge in [-0.15, -0.1) is 0 Å². The van der Waals surface area contributed by atoms with Gasteiger partial charge >= 0.3 is 0 Å². The van der Waals surface area contributed by atoms with Gasteiger partial charge in [0, 0.05) is 35.4 Å². The Morgan fingerprint density at radius 3 is 2.80 bits per heavy atom. The maximum Gasteiger partial charge on any atom is 0.135 e. The molecule has 0 amide bonds. The van der Waals surface area contributed by atoms with Gasteiger partial charge in [0.1, 0.15) is 5.15 Å². The van der Waals surface area contributed by atoms with Crippen molar-refractivity contribution in [2.45, 2.75) is 45.7 Å². The van der Waals surface area contributed by atoms with E-state index >= 15 is 0 Å². The van der Waals surface area contributed by atoms with E-state index in [4.69, 9.17) is 28.9 Å². The van der Waals surface area contributed by atoms with E-state index < -0.39 is 0 Å². The molecule has 2 atom stereocenters. The standard InChI is InChI=1S/C15H23Cl2N3/c1-3-11-4-5-20(12(7-11)8-18)9-13-14(16)6-10(2)19-15(13)17/h6,11-12H,3-5,7-9,18H2,1-2H3. The topological polar surface area (TPSA) is 42.2 Å². The van der Waals surface area contributed by atoms with Crippen LogP contribution >= 0.6 is 23.2 Å². The highest BCUT2D eigenvalue weighted by Gasteiger charge is 2.27. The number of piperidine rings is 1. The second-order valence-electron chi connectivity index (χ2n) is 5.67. The van der Waals surface area contributed by atoms with Crippen molar-refractivity contribution in [3.05, 3.63) is 27.5 Å². The van der Waals surface area contributed by atoms with Crippen molar-refractivity contribution in [2.24, 2.45) is 11.7 Å². The zero-order chi connectivity index (χ0) is 14.7. The number of rotatable bonds is 4. The summed E-state index contributed by atoms with van der Waals surface area (Å²) in [6.07, 6.45) is 3.63. The Morgan fingerprint density at radius 1 is 1.45 bits per heavy atom. The molecule has 1 aromatic rings. The number of nitrogens with two attached hydrogens (primary N) is 1. The maximum atomic E-state index is 6.32. The third-order valence-corrected chi connectivity index (χ3v) is 4.95. The fourth-order valence-electron chi connectivity index (χ4n) is 2.97. The molecule has 1 aliphatic heterocycles. The lowest BCUT2D eigenvalue weighted by molar-refractivity contribution is 0.107. The Balaban J connectivity index is 2.13. The van der Waals surface area contributed by atoms with Gasteiger partial charge in [0.05, 0.1) is 0 Å². The largest absolute Gasteiger partial charge is 0.329 e. The summed E-state index contributed by atoms with van der Waals surface area (Å²) in [7, 11) is 0. The van der Waals surface area contributed by atoms with Crippen molar-refractivity contribution >= 4 is 23.2 Å². The number of hydrogen-bond donors (Lipinski definition) is 1. The van der Waals surface area contributed by atoms with E-state index in [9.17, 15) is 0 Å². The normalized spacial score (nSPS) is 24.1. The molecule has 112 valence electrons. The summed E-state index contributed by atoms with van der Waals surface area (Å²) >= 11 is 12.6. The maximum absolute atomic E-state index is 6.32. The molecule has 3 nitrogen and oxygen atoms in total. The molecule has 2 rings (SSSR count). The van der Waals surface area contributed by atoms with Gasteiger partial charge in [-0.3, -0.25) is 4.90 Å². The third-order valence-electron chi connectivity index (χ3n) is 4.30. The first-order valence-corrected chi connectivity index (χ1v) is 8.06. The van der Waals surface area contributed by atoms with E-state index in [1.807, 2.05) is 13.0 Å². The number of aryl methyl sites for hydroxylation is 1. The summed E-state index contributed by atoms with van der Waals surface area (Å²) in [6, 6.07) is 2.29. The van der Waals surface area contributed by atoms with Crippen molar-refractivity contribution in [1.29, 1.82) is 0 Å². The van der Waals surface area contributed by atoms with Crippen LogP contribution in [0.1, 0.15) is 37.4 Å². The van der Waals surface area contributed by atoms with Crippen molar-refractivity contribution in [2.75, 3.05) is 13.1 Å². The highest BCUT2D eigenvalue weighted by molar-refractivity contribution is 6.35. The van der Waals surface area contributed by atoms with Crippen molar-refractivity contribution in [3.8, 4) is 0 Å². The lowest BCUT2D eigenvalue weighted by atomic mass is 9.88.